The van der Waals surface area contributed by atoms with E-state index in [9.17, 15) is 24.3 Å². The summed E-state index contributed by atoms with van der Waals surface area (Å²) < 4.78 is 9.70. The van der Waals surface area contributed by atoms with Crippen LogP contribution >= 0.6 is 0 Å². The van der Waals surface area contributed by atoms with Crippen LogP contribution in [0.3, 0.4) is 0 Å². The van der Waals surface area contributed by atoms with Gasteiger partial charge < -0.3 is 25.2 Å². The van der Waals surface area contributed by atoms with Crippen LogP contribution < -0.4 is 10.6 Å². The second kappa shape index (κ2) is 12.5. The molecular formula is C20H28N2O7. The summed E-state index contributed by atoms with van der Waals surface area (Å²) in [4.78, 5) is 47.9. The molecule has 0 radical (unpaired) electrons. The maximum absolute atomic E-state index is 12.5. The molecule has 0 aromatic heterocycles. The molecule has 0 aliphatic carbocycles. The van der Waals surface area contributed by atoms with E-state index in [1.807, 2.05) is 6.07 Å². The smallest absolute Gasteiger partial charge is 0.408 e. The summed E-state index contributed by atoms with van der Waals surface area (Å²) in [6.45, 7) is 3.00. The van der Waals surface area contributed by atoms with Gasteiger partial charge in [-0.1, -0.05) is 37.3 Å². The molecule has 3 atom stereocenters. The average Bonchev–Trinajstić information content (AvgIpc) is 2.72. The summed E-state index contributed by atoms with van der Waals surface area (Å²) in [5, 5.41) is 14.6. The standard InChI is InChI=1S/C20H28N2O7/c1-4-15(24)10-11-16(19(26)28-3)21-18(25)17(13(2)23)22-20(27)29-12-14-8-6-5-7-9-14/h5-9,13,16-17,23H,4,10-12H2,1-3H3,(H,21,25)(H,22,27)/t13-,16-,17+/m1/s1. The first-order valence-corrected chi connectivity index (χ1v) is 9.33. The van der Waals surface area contributed by atoms with E-state index in [1.165, 1.54) is 6.92 Å². The van der Waals surface area contributed by atoms with Gasteiger partial charge in [-0.25, -0.2) is 9.59 Å². The van der Waals surface area contributed by atoms with Crippen LogP contribution in [0, 0.1) is 0 Å². The minimum Gasteiger partial charge on any atom is -0.467 e. The number of amides is 2. The Hall–Kier alpha value is -2.94. The lowest BCUT2D eigenvalue weighted by Crippen LogP contribution is -2.56. The third-order valence-corrected chi connectivity index (χ3v) is 4.16. The van der Waals surface area contributed by atoms with Crippen LogP contribution in [0.4, 0.5) is 4.79 Å². The largest absolute Gasteiger partial charge is 0.467 e. The highest BCUT2D eigenvalue weighted by atomic mass is 16.5. The fourth-order valence-corrected chi connectivity index (χ4v) is 2.43. The lowest BCUT2D eigenvalue weighted by molar-refractivity contribution is -0.146. The molecule has 0 heterocycles. The first-order valence-electron chi connectivity index (χ1n) is 9.33. The summed E-state index contributed by atoms with van der Waals surface area (Å²) in [7, 11) is 1.16. The topological polar surface area (TPSA) is 131 Å². The SMILES string of the molecule is CCC(=O)CC[C@@H](NC(=O)[C@@H](NC(=O)OCc1ccccc1)[C@@H](C)O)C(=O)OC. The Morgan fingerprint density at radius 2 is 1.76 bits per heavy atom. The van der Waals surface area contributed by atoms with Crippen molar-refractivity contribution in [1.29, 1.82) is 0 Å². The van der Waals surface area contributed by atoms with Crippen molar-refractivity contribution in [3.05, 3.63) is 35.9 Å². The van der Waals surface area contributed by atoms with Gasteiger partial charge in [0.25, 0.3) is 0 Å². The second-order valence-corrected chi connectivity index (χ2v) is 6.44. The van der Waals surface area contributed by atoms with Crippen molar-refractivity contribution in [1.82, 2.24) is 10.6 Å². The summed E-state index contributed by atoms with van der Waals surface area (Å²) >= 11 is 0. The van der Waals surface area contributed by atoms with Gasteiger partial charge in [0, 0.05) is 12.8 Å². The van der Waals surface area contributed by atoms with E-state index in [0.717, 1.165) is 12.7 Å². The van der Waals surface area contributed by atoms with E-state index in [4.69, 9.17) is 4.74 Å². The quantitative estimate of drug-likeness (QED) is 0.467. The molecule has 9 nitrogen and oxygen atoms in total. The molecule has 160 valence electrons. The lowest BCUT2D eigenvalue weighted by atomic mass is 10.1. The van der Waals surface area contributed by atoms with Gasteiger partial charge in [-0.15, -0.1) is 0 Å². The number of ether oxygens (including phenoxy) is 2. The number of benzene rings is 1. The lowest BCUT2D eigenvalue weighted by Gasteiger charge is -2.23. The van der Waals surface area contributed by atoms with Crippen molar-refractivity contribution in [2.45, 2.75) is 57.9 Å². The van der Waals surface area contributed by atoms with Crippen molar-refractivity contribution in [3.63, 3.8) is 0 Å². The van der Waals surface area contributed by atoms with Crippen molar-refractivity contribution in [3.8, 4) is 0 Å². The minimum atomic E-state index is -1.35. The van der Waals surface area contributed by atoms with Gasteiger partial charge in [-0.05, 0) is 18.9 Å². The van der Waals surface area contributed by atoms with Gasteiger partial charge in [0.2, 0.25) is 5.91 Å². The molecule has 0 saturated heterocycles. The molecule has 1 rings (SSSR count). The van der Waals surface area contributed by atoms with Gasteiger partial charge >= 0.3 is 12.1 Å². The molecular weight excluding hydrogens is 380 g/mol. The van der Waals surface area contributed by atoms with Crippen LogP contribution in [0.2, 0.25) is 0 Å². The number of ketones is 1. The van der Waals surface area contributed by atoms with Gasteiger partial charge in [-0.3, -0.25) is 9.59 Å². The number of carbonyl (C=O) groups excluding carboxylic acids is 4. The maximum Gasteiger partial charge on any atom is 0.408 e. The van der Waals surface area contributed by atoms with E-state index in [-0.39, 0.29) is 25.2 Å². The Bertz CT molecular complexity index is 691. The molecule has 0 aliphatic heterocycles. The highest BCUT2D eigenvalue weighted by molar-refractivity contribution is 5.90. The number of esters is 1. The van der Waals surface area contributed by atoms with Crippen molar-refractivity contribution < 1.29 is 33.8 Å². The van der Waals surface area contributed by atoms with E-state index >= 15 is 0 Å². The average molecular weight is 408 g/mol. The fraction of sp³-hybridized carbons (Fsp3) is 0.500. The number of carbonyl (C=O) groups is 4. The van der Waals surface area contributed by atoms with E-state index in [1.54, 1.807) is 31.2 Å². The number of nitrogens with one attached hydrogen (secondary N) is 2. The van der Waals surface area contributed by atoms with E-state index in [2.05, 4.69) is 15.4 Å². The Kier molecular flexibility index (Phi) is 10.4. The predicted octanol–water partition coefficient (Wildman–Crippen LogP) is 1.08. The van der Waals surface area contributed by atoms with Gasteiger partial charge in [0.15, 0.2) is 0 Å². The monoisotopic (exact) mass is 408 g/mol. The van der Waals surface area contributed by atoms with Crippen LogP contribution in [0.1, 0.15) is 38.7 Å². The van der Waals surface area contributed by atoms with Crippen LogP contribution in [0.25, 0.3) is 0 Å². The molecule has 0 spiro atoms. The van der Waals surface area contributed by atoms with E-state index in [0.29, 0.717) is 6.42 Å². The summed E-state index contributed by atoms with van der Waals surface area (Å²) in [6.07, 6.45) is -1.70. The molecule has 0 fully saturated rings. The Labute approximate surface area is 169 Å². The van der Waals surface area contributed by atoms with Gasteiger partial charge in [0.1, 0.15) is 24.5 Å². The van der Waals surface area contributed by atoms with Crippen LogP contribution in [-0.2, 0) is 30.5 Å². The number of rotatable bonds is 11. The molecule has 2 amide bonds. The molecule has 1 aromatic carbocycles. The number of Topliss-reactive ketones (excluding diaryl/α,β-unsaturated/α-hetero) is 1. The molecule has 9 heteroatoms. The van der Waals surface area contributed by atoms with Crippen molar-refractivity contribution in [2.24, 2.45) is 0 Å². The number of aliphatic hydroxyl groups excluding tert-OH is 1. The van der Waals surface area contributed by atoms with Crippen LogP contribution in [-0.4, -0.2) is 54.2 Å². The Balaban J connectivity index is 2.69. The molecule has 0 aliphatic rings. The Morgan fingerprint density at radius 3 is 2.31 bits per heavy atom. The third kappa shape index (κ3) is 8.73. The molecule has 0 bridgehead atoms. The summed E-state index contributed by atoms with van der Waals surface area (Å²) in [6, 6.07) is 6.51. The molecule has 0 saturated carbocycles. The van der Waals surface area contributed by atoms with Crippen LogP contribution in [0.15, 0.2) is 30.3 Å². The fourth-order valence-electron chi connectivity index (χ4n) is 2.43. The number of aliphatic hydroxyl groups is 1. The van der Waals surface area contributed by atoms with Crippen molar-refractivity contribution in [2.75, 3.05) is 7.11 Å². The molecule has 0 unspecified atom stereocenters. The van der Waals surface area contributed by atoms with Crippen LogP contribution in [0.5, 0.6) is 0 Å². The third-order valence-electron chi connectivity index (χ3n) is 4.16. The number of hydrogen-bond donors (Lipinski definition) is 3. The second-order valence-electron chi connectivity index (χ2n) is 6.44. The van der Waals surface area contributed by atoms with E-state index < -0.39 is 36.2 Å². The summed E-state index contributed by atoms with van der Waals surface area (Å²) in [5.41, 5.74) is 0.757. The minimum absolute atomic E-state index is 0.00919. The van der Waals surface area contributed by atoms with Crippen molar-refractivity contribution >= 4 is 23.8 Å². The Morgan fingerprint density at radius 1 is 1.10 bits per heavy atom. The number of alkyl carbamates (subject to hydrolysis) is 1. The zero-order valence-electron chi connectivity index (χ0n) is 16.8. The first-order chi connectivity index (χ1) is 13.8. The zero-order chi connectivity index (χ0) is 21.8. The normalized spacial score (nSPS) is 13.5. The molecule has 29 heavy (non-hydrogen) atoms. The number of methoxy groups -OCH3 is 1. The number of hydrogen-bond acceptors (Lipinski definition) is 7. The molecule has 3 N–H and O–H groups in total. The van der Waals surface area contributed by atoms with Gasteiger partial charge in [-0.2, -0.15) is 0 Å². The highest BCUT2D eigenvalue weighted by Gasteiger charge is 2.30. The predicted molar refractivity (Wildman–Crippen MR) is 104 cm³/mol. The first kappa shape index (κ1) is 24.1. The zero-order valence-corrected chi connectivity index (χ0v) is 16.8. The summed E-state index contributed by atoms with van der Waals surface area (Å²) in [5.74, 6) is -1.59. The highest BCUT2D eigenvalue weighted by Crippen LogP contribution is 2.05. The molecule has 1 aromatic rings. The maximum atomic E-state index is 12.5. The van der Waals surface area contributed by atoms with Gasteiger partial charge in [0.05, 0.1) is 13.2 Å².